The third-order valence-electron chi connectivity index (χ3n) is 3.17. The number of hydrogen-bond acceptors (Lipinski definition) is 7. The van der Waals surface area contributed by atoms with E-state index in [0.717, 1.165) is 0 Å². The van der Waals surface area contributed by atoms with Gasteiger partial charge in [-0.3, -0.25) is 4.57 Å². The number of nitrogens with zero attached hydrogens (tertiary/aromatic N) is 4. The summed E-state index contributed by atoms with van der Waals surface area (Å²) in [6, 6.07) is 0. The maximum Gasteiger partial charge on any atom is 0.695 e. The molecule has 1 saturated heterocycles. The molecule has 2 N–H and O–H groups in total. The van der Waals surface area contributed by atoms with Gasteiger partial charge in [0.15, 0.2) is 24.2 Å². The van der Waals surface area contributed by atoms with Gasteiger partial charge >= 0.3 is 8.25 Å². The molecule has 0 amide bonds. The SMILES string of the molecule is O=[P+](O)O[C@@H]1[C@@H](CO)OC(n2cnc3cncnc32)[C@@H]1F. The van der Waals surface area contributed by atoms with Crippen LogP contribution in [0.5, 0.6) is 0 Å². The highest BCUT2D eigenvalue weighted by molar-refractivity contribution is 7.32. The second-order valence-electron chi connectivity index (χ2n) is 4.38. The Morgan fingerprint density at radius 1 is 1.52 bits per heavy atom. The minimum Gasteiger partial charge on any atom is -0.394 e. The molecular weight excluding hydrogens is 306 g/mol. The topological polar surface area (TPSA) is 120 Å². The zero-order valence-electron chi connectivity index (χ0n) is 10.5. The number of rotatable bonds is 4. The van der Waals surface area contributed by atoms with Gasteiger partial charge in [0.05, 0.1) is 19.1 Å². The number of hydrogen-bond donors (Lipinski definition) is 2. The molecule has 2 aromatic rings. The van der Waals surface area contributed by atoms with Crippen molar-refractivity contribution in [2.45, 2.75) is 24.6 Å². The summed E-state index contributed by atoms with van der Waals surface area (Å²) in [5, 5.41) is 9.20. The summed E-state index contributed by atoms with van der Waals surface area (Å²) < 4.78 is 36.5. The molecule has 0 aromatic carbocycles. The fourth-order valence-corrected chi connectivity index (χ4v) is 2.73. The Hall–Kier alpha value is -1.58. The maximum absolute atomic E-state index is 14.4. The zero-order chi connectivity index (χ0) is 15.0. The fraction of sp³-hybridized carbons (Fsp3) is 0.500. The van der Waals surface area contributed by atoms with Gasteiger partial charge in [-0.15, -0.1) is 9.42 Å². The molecule has 5 atom stereocenters. The van der Waals surface area contributed by atoms with Gasteiger partial charge in [-0.25, -0.2) is 19.3 Å². The summed E-state index contributed by atoms with van der Waals surface area (Å²) in [5.74, 6) is 0. The van der Waals surface area contributed by atoms with E-state index in [1.54, 1.807) is 0 Å². The summed E-state index contributed by atoms with van der Waals surface area (Å²) >= 11 is 0. The summed E-state index contributed by atoms with van der Waals surface area (Å²) in [6.07, 6.45) is -1.27. The largest absolute Gasteiger partial charge is 0.695 e. The third-order valence-corrected chi connectivity index (χ3v) is 3.60. The van der Waals surface area contributed by atoms with Crippen LogP contribution in [0.4, 0.5) is 4.39 Å². The zero-order valence-corrected chi connectivity index (χ0v) is 11.4. The van der Waals surface area contributed by atoms with Crippen molar-refractivity contribution in [2.24, 2.45) is 0 Å². The van der Waals surface area contributed by atoms with Gasteiger partial charge in [0, 0.05) is 4.57 Å². The Balaban J connectivity index is 1.94. The van der Waals surface area contributed by atoms with Gasteiger partial charge in [0.25, 0.3) is 0 Å². The van der Waals surface area contributed by atoms with E-state index in [4.69, 9.17) is 9.63 Å². The number of alkyl halides is 1. The molecule has 0 saturated carbocycles. The lowest BCUT2D eigenvalue weighted by Gasteiger charge is -2.14. The standard InChI is InChI=1S/C10H10FN4O5P/c11-7-8(20-21(17)18)6(2-16)19-10(7)15-4-14-5-1-12-3-13-9(5)15/h1,3-4,6-8,10,16H,2H2/p+1/t6-,7-,8-,10?/m1/s1. The molecule has 0 aliphatic carbocycles. The number of ether oxygens (including phenoxy) is 1. The van der Waals surface area contributed by atoms with Crippen molar-refractivity contribution in [1.82, 2.24) is 19.5 Å². The lowest BCUT2D eigenvalue weighted by Crippen LogP contribution is -2.32. The van der Waals surface area contributed by atoms with Crippen LogP contribution in [-0.4, -0.2) is 54.5 Å². The molecule has 2 unspecified atom stereocenters. The molecule has 0 radical (unpaired) electrons. The number of halogens is 1. The first-order valence-electron chi connectivity index (χ1n) is 5.97. The van der Waals surface area contributed by atoms with E-state index >= 15 is 0 Å². The molecule has 2 aromatic heterocycles. The summed E-state index contributed by atoms with van der Waals surface area (Å²) in [5.41, 5.74) is 0.801. The minimum absolute atomic E-state index is 0.350. The fourth-order valence-electron chi connectivity index (χ4n) is 2.27. The molecule has 112 valence electrons. The Bertz CT molecular complexity index is 670. The Labute approximate surface area is 118 Å². The van der Waals surface area contributed by atoms with Crippen LogP contribution in [0.2, 0.25) is 0 Å². The minimum atomic E-state index is -3.01. The van der Waals surface area contributed by atoms with Gasteiger partial charge in [-0.05, 0) is 0 Å². The van der Waals surface area contributed by atoms with E-state index in [9.17, 15) is 14.1 Å². The lowest BCUT2D eigenvalue weighted by molar-refractivity contribution is -0.0436. The van der Waals surface area contributed by atoms with E-state index in [1.807, 2.05) is 0 Å². The Kier molecular flexibility index (Phi) is 3.87. The normalized spacial score (nSPS) is 30.0. The molecule has 3 heterocycles. The second-order valence-corrected chi connectivity index (χ2v) is 5.07. The number of aromatic nitrogens is 4. The van der Waals surface area contributed by atoms with Crippen LogP contribution in [0.25, 0.3) is 11.2 Å². The Morgan fingerprint density at radius 3 is 3.05 bits per heavy atom. The molecule has 11 heteroatoms. The first-order valence-corrected chi connectivity index (χ1v) is 7.10. The van der Waals surface area contributed by atoms with Crippen LogP contribution in [-0.2, 0) is 13.8 Å². The van der Waals surface area contributed by atoms with Crippen LogP contribution >= 0.6 is 8.25 Å². The highest BCUT2D eigenvalue weighted by atomic mass is 31.1. The molecule has 1 aliphatic rings. The molecular formula is C10H11FN4O5P+. The van der Waals surface area contributed by atoms with Crippen molar-refractivity contribution in [3.05, 3.63) is 18.9 Å². The van der Waals surface area contributed by atoms with Gasteiger partial charge in [-0.2, -0.15) is 0 Å². The van der Waals surface area contributed by atoms with Crippen LogP contribution in [0.15, 0.2) is 18.9 Å². The monoisotopic (exact) mass is 317 g/mol. The predicted molar refractivity (Wildman–Crippen MR) is 65.9 cm³/mol. The first-order chi connectivity index (χ1) is 10.1. The molecule has 0 spiro atoms. The molecule has 3 rings (SSSR count). The molecule has 1 fully saturated rings. The van der Waals surface area contributed by atoms with E-state index in [1.165, 1.54) is 23.4 Å². The van der Waals surface area contributed by atoms with Gasteiger partial charge < -0.3 is 9.84 Å². The predicted octanol–water partition coefficient (Wildman–Crippen LogP) is 0.0890. The van der Waals surface area contributed by atoms with Crippen molar-refractivity contribution in [2.75, 3.05) is 6.61 Å². The van der Waals surface area contributed by atoms with E-state index in [-0.39, 0.29) is 0 Å². The van der Waals surface area contributed by atoms with E-state index < -0.39 is 39.5 Å². The number of aliphatic hydroxyl groups is 1. The van der Waals surface area contributed by atoms with Gasteiger partial charge in [0.1, 0.15) is 17.9 Å². The van der Waals surface area contributed by atoms with Gasteiger partial charge in [0.2, 0.25) is 0 Å². The average molecular weight is 317 g/mol. The van der Waals surface area contributed by atoms with Crippen molar-refractivity contribution in [3.8, 4) is 0 Å². The van der Waals surface area contributed by atoms with Crippen LogP contribution < -0.4 is 0 Å². The quantitative estimate of drug-likeness (QED) is 0.761. The summed E-state index contributed by atoms with van der Waals surface area (Å²) in [6.45, 7) is -0.549. The maximum atomic E-state index is 14.4. The van der Waals surface area contributed by atoms with Crippen molar-refractivity contribution < 1.29 is 28.2 Å². The smallest absolute Gasteiger partial charge is 0.394 e. The average Bonchev–Trinajstić information content (AvgIpc) is 3.01. The number of imidazole rings is 1. The molecule has 21 heavy (non-hydrogen) atoms. The van der Waals surface area contributed by atoms with Crippen LogP contribution in [0, 0.1) is 0 Å². The third kappa shape index (κ3) is 2.52. The highest BCUT2D eigenvalue weighted by Crippen LogP contribution is 2.38. The highest BCUT2D eigenvalue weighted by Gasteiger charge is 2.51. The number of aliphatic hydroxyl groups excluding tert-OH is 1. The van der Waals surface area contributed by atoms with Crippen molar-refractivity contribution in [1.29, 1.82) is 0 Å². The van der Waals surface area contributed by atoms with Gasteiger partial charge in [-0.1, -0.05) is 0 Å². The van der Waals surface area contributed by atoms with Crippen LogP contribution in [0.3, 0.4) is 0 Å². The number of fused-ring (bicyclic) bond motifs is 1. The van der Waals surface area contributed by atoms with Crippen molar-refractivity contribution >= 4 is 19.4 Å². The van der Waals surface area contributed by atoms with E-state index in [2.05, 4.69) is 19.5 Å². The summed E-state index contributed by atoms with van der Waals surface area (Å²) in [4.78, 5) is 20.6. The summed E-state index contributed by atoms with van der Waals surface area (Å²) in [7, 11) is -3.01. The van der Waals surface area contributed by atoms with Crippen molar-refractivity contribution in [3.63, 3.8) is 0 Å². The van der Waals surface area contributed by atoms with Crippen LogP contribution in [0.1, 0.15) is 6.23 Å². The Morgan fingerprint density at radius 2 is 2.33 bits per heavy atom. The first kappa shape index (κ1) is 14.4. The van der Waals surface area contributed by atoms with E-state index in [0.29, 0.717) is 11.2 Å². The molecule has 0 bridgehead atoms. The molecule has 9 nitrogen and oxygen atoms in total. The molecule has 1 aliphatic heterocycles. The second kappa shape index (κ2) is 5.66. The lowest BCUT2D eigenvalue weighted by atomic mass is 10.1.